The second kappa shape index (κ2) is 7.86. The Morgan fingerprint density at radius 3 is 0.800 bits per heavy atom. The summed E-state index contributed by atoms with van der Waals surface area (Å²) in [5.74, 6) is 0. The molecule has 11 nitrogen and oxygen atoms in total. The van der Waals surface area contributed by atoms with Crippen molar-refractivity contribution in [2.24, 2.45) is 0 Å². The summed E-state index contributed by atoms with van der Waals surface area (Å²) in [4.78, 5) is 52.6. The van der Waals surface area contributed by atoms with Crippen molar-refractivity contribution in [3.05, 3.63) is 0 Å². The summed E-state index contributed by atoms with van der Waals surface area (Å²) in [6.45, 7) is 0. The van der Waals surface area contributed by atoms with Crippen LogP contribution in [0.3, 0.4) is 0 Å². The van der Waals surface area contributed by atoms with Crippen molar-refractivity contribution >= 4 is 61.2 Å². The normalized spacial score (nSPS) is 12.2. The van der Waals surface area contributed by atoms with Crippen molar-refractivity contribution in [2.45, 2.75) is 0 Å². The second-order valence-corrected chi connectivity index (χ2v) is 5.22. The van der Waals surface area contributed by atoms with E-state index in [1.165, 1.54) is 0 Å². The average molecular weight is 318 g/mol. The topological polar surface area (TPSA) is 202 Å². The van der Waals surface area contributed by atoms with Gasteiger partial charge in [-0.25, -0.2) is 13.7 Å². The molecule has 0 bridgehead atoms. The van der Waals surface area contributed by atoms with Crippen molar-refractivity contribution in [3.63, 3.8) is 0 Å². The van der Waals surface area contributed by atoms with Gasteiger partial charge in [-0.3, -0.25) is 0 Å². The summed E-state index contributed by atoms with van der Waals surface area (Å²) in [5.41, 5.74) is 0. The first kappa shape index (κ1) is 21.9. The quantitative estimate of drug-likeness (QED) is 0.207. The summed E-state index contributed by atoms with van der Waals surface area (Å²) in [6, 6.07) is 0. The van der Waals surface area contributed by atoms with Gasteiger partial charge in [-0.15, -0.1) is 0 Å². The zero-order valence-corrected chi connectivity index (χ0v) is 8.79. The van der Waals surface area contributed by atoms with Crippen molar-refractivity contribution in [1.82, 2.24) is 0 Å². The summed E-state index contributed by atoms with van der Waals surface area (Å²) < 4.78 is 31.1. The molecule has 15 heavy (non-hydrogen) atoms. The monoisotopic (exact) mass is 318 g/mol. The maximum absolute atomic E-state index is 9.63. The Hall–Kier alpha value is 1.63. The Labute approximate surface area is 113 Å². The second-order valence-electron chi connectivity index (χ2n) is 1.58. The fourth-order valence-electron chi connectivity index (χ4n) is 0.139. The van der Waals surface area contributed by atoms with Crippen molar-refractivity contribution in [1.29, 1.82) is 0 Å². The Balaban J connectivity index is -0.000000208. The first-order valence-electron chi connectivity index (χ1n) is 2.31. The molecule has 0 atom stereocenters. The molecule has 0 heterocycles. The van der Waals surface area contributed by atoms with Gasteiger partial charge in [0.25, 0.3) is 0 Å². The molecular weight excluding hydrogens is 309 g/mol. The summed E-state index contributed by atoms with van der Waals surface area (Å²) in [7, 11) is -14.7. The predicted molar refractivity (Wildman–Crippen MR) is 48.0 cm³/mol. The number of hydrogen-bond donors (Lipinski definition) is 7. The van der Waals surface area contributed by atoms with Crippen LogP contribution in [0.15, 0.2) is 0 Å². The molecule has 0 aliphatic carbocycles. The van der Waals surface area contributed by atoms with E-state index in [2.05, 4.69) is 4.31 Å². The van der Waals surface area contributed by atoms with Crippen LogP contribution in [0, 0.1) is 0 Å². The maximum atomic E-state index is 9.63. The van der Waals surface area contributed by atoms with Crippen LogP contribution >= 0.6 is 23.5 Å². The van der Waals surface area contributed by atoms with E-state index in [1.54, 1.807) is 0 Å². The van der Waals surface area contributed by atoms with Crippen LogP contribution in [0.5, 0.6) is 0 Å². The van der Waals surface area contributed by atoms with Gasteiger partial charge in [0.1, 0.15) is 0 Å². The van der Waals surface area contributed by atoms with E-state index in [1.807, 2.05) is 0 Å². The van der Waals surface area contributed by atoms with Gasteiger partial charge in [-0.1, -0.05) is 0 Å². The van der Waals surface area contributed by atoms with E-state index in [4.69, 9.17) is 38.8 Å². The Morgan fingerprint density at radius 1 is 0.667 bits per heavy atom. The van der Waals surface area contributed by atoms with E-state index >= 15 is 0 Å². The van der Waals surface area contributed by atoms with Crippen LogP contribution in [-0.2, 0) is 18.0 Å². The van der Waals surface area contributed by atoms with Gasteiger partial charge in [-0.2, -0.15) is 4.31 Å². The first-order chi connectivity index (χ1) is 5.71. The molecule has 0 aromatic heterocycles. The van der Waals surface area contributed by atoms with Gasteiger partial charge in [0.05, 0.1) is 0 Å². The molecule has 0 aliphatic heterocycles. The average Bonchev–Trinajstić information content (AvgIpc) is 1.42. The van der Waals surface area contributed by atoms with Crippen LogP contribution in [0.2, 0.25) is 0 Å². The molecule has 0 saturated carbocycles. The molecular formula is H9CaO11P3. The summed E-state index contributed by atoms with van der Waals surface area (Å²) in [6.07, 6.45) is 0. The van der Waals surface area contributed by atoms with E-state index in [0.717, 1.165) is 0 Å². The summed E-state index contributed by atoms with van der Waals surface area (Å²) >= 11 is 0. The van der Waals surface area contributed by atoms with E-state index in [-0.39, 0.29) is 37.7 Å². The minimum atomic E-state index is -5.05. The molecule has 0 spiro atoms. The molecule has 0 rings (SSSR count). The number of rotatable bonds is 2. The van der Waals surface area contributed by atoms with Crippen LogP contribution in [0.25, 0.3) is 0 Å². The zero-order chi connectivity index (χ0) is 12.2. The molecule has 0 aliphatic rings. The Kier molecular flexibility index (Phi) is 11.5. The summed E-state index contributed by atoms with van der Waals surface area (Å²) in [5, 5.41) is 0. The first-order valence-corrected chi connectivity index (χ1v) is 6.94. The van der Waals surface area contributed by atoms with Crippen LogP contribution in [0.1, 0.15) is 0 Å². The third-order valence-corrected chi connectivity index (χ3v) is 1.91. The fourth-order valence-corrected chi connectivity index (χ4v) is 1.25. The molecule has 92 valence electrons. The van der Waals surface area contributed by atoms with Crippen LogP contribution < -0.4 is 0 Å². The zero-order valence-electron chi connectivity index (χ0n) is 6.11. The Bertz CT molecular complexity index is 259. The predicted octanol–water partition coefficient (Wildman–Crippen LogP) is -2.66. The minimum absolute atomic E-state index is 0. The molecule has 0 amide bonds. The Morgan fingerprint density at radius 2 is 0.800 bits per heavy atom. The van der Waals surface area contributed by atoms with Gasteiger partial charge in [0, 0.05) is 0 Å². The molecule has 7 N–H and O–H groups in total. The van der Waals surface area contributed by atoms with Gasteiger partial charge >= 0.3 is 61.2 Å². The standard InChI is InChI=1S/Ca.H4O7P2.H3O4P.2H/c;1-8(2,3)7-9(4,5)6;1-5(2,3)4;;/h;(H2,1,2,3)(H2,4,5,6);(H3,1,2,3,4);;. The van der Waals surface area contributed by atoms with E-state index < -0.39 is 23.5 Å². The van der Waals surface area contributed by atoms with Crippen LogP contribution in [-0.4, -0.2) is 72.0 Å². The molecule has 0 unspecified atom stereocenters. The van der Waals surface area contributed by atoms with Gasteiger partial charge in [0.2, 0.25) is 0 Å². The molecule has 0 fully saturated rings. The number of phosphoric acid groups is 3. The molecule has 15 heteroatoms. The SMILES string of the molecule is O=P(O)(O)O.O=P(O)(O)OP(=O)(O)O.[CaH2]. The molecule has 0 aromatic carbocycles. The third kappa shape index (κ3) is 49.9. The van der Waals surface area contributed by atoms with Gasteiger partial charge < -0.3 is 34.3 Å². The van der Waals surface area contributed by atoms with E-state index in [9.17, 15) is 9.13 Å². The van der Waals surface area contributed by atoms with Crippen molar-refractivity contribution in [2.75, 3.05) is 0 Å². The van der Waals surface area contributed by atoms with Gasteiger partial charge in [0.15, 0.2) is 0 Å². The fraction of sp³-hybridized carbons (Fsp3) is 0. The van der Waals surface area contributed by atoms with Gasteiger partial charge in [-0.05, 0) is 0 Å². The van der Waals surface area contributed by atoms with Crippen molar-refractivity contribution < 1.29 is 52.3 Å². The van der Waals surface area contributed by atoms with Crippen LogP contribution in [0.4, 0.5) is 0 Å². The molecule has 0 aromatic rings. The third-order valence-electron chi connectivity index (χ3n) is 0.213. The molecule has 0 radical (unpaired) electrons. The number of hydrogen-bond acceptors (Lipinski definition) is 4. The van der Waals surface area contributed by atoms with E-state index in [0.29, 0.717) is 0 Å². The van der Waals surface area contributed by atoms with Crippen molar-refractivity contribution in [3.8, 4) is 0 Å². The molecule has 0 saturated heterocycles.